The van der Waals surface area contributed by atoms with E-state index in [1.54, 1.807) is 14.2 Å². The molecule has 1 atom stereocenters. The first kappa shape index (κ1) is 16.3. The van der Waals surface area contributed by atoms with Gasteiger partial charge in [0.15, 0.2) is 0 Å². The molecule has 2 aromatic carbocycles. The van der Waals surface area contributed by atoms with E-state index >= 15 is 0 Å². The van der Waals surface area contributed by atoms with Crippen LogP contribution in [-0.2, 0) is 6.42 Å². The number of hydrogen-bond donors (Lipinski definition) is 1. The second-order valence-electron chi connectivity index (χ2n) is 4.55. The fourth-order valence-corrected chi connectivity index (χ4v) is 3.31. The lowest BCUT2D eigenvalue weighted by molar-refractivity contribution is 0.173. The van der Waals surface area contributed by atoms with Crippen molar-refractivity contribution in [2.75, 3.05) is 14.2 Å². The first-order chi connectivity index (χ1) is 10.1. The Labute approximate surface area is 141 Å². The van der Waals surface area contributed by atoms with Crippen molar-refractivity contribution in [3.8, 4) is 11.5 Å². The molecule has 5 heteroatoms. The van der Waals surface area contributed by atoms with Gasteiger partial charge in [0.05, 0.1) is 20.3 Å². The zero-order chi connectivity index (χ0) is 15.4. The maximum absolute atomic E-state index is 10.5. The second-order valence-corrected chi connectivity index (χ2v) is 6.26. The van der Waals surface area contributed by atoms with E-state index in [9.17, 15) is 5.11 Å². The van der Waals surface area contributed by atoms with Gasteiger partial charge in [0, 0.05) is 16.5 Å². The molecule has 0 saturated heterocycles. The number of benzene rings is 2. The SMILES string of the molecule is COc1ccc(C(O)Cc2cccc(Br)c2)c(OC)c1Br. The molecule has 0 radical (unpaired) electrons. The van der Waals surface area contributed by atoms with Gasteiger partial charge < -0.3 is 14.6 Å². The van der Waals surface area contributed by atoms with Crippen LogP contribution in [0.2, 0.25) is 0 Å². The lowest BCUT2D eigenvalue weighted by Gasteiger charge is -2.18. The Bertz CT molecular complexity index is 629. The number of rotatable bonds is 5. The molecule has 21 heavy (non-hydrogen) atoms. The molecule has 0 aliphatic rings. The summed E-state index contributed by atoms with van der Waals surface area (Å²) in [4.78, 5) is 0. The van der Waals surface area contributed by atoms with Gasteiger partial charge in [0.1, 0.15) is 16.0 Å². The van der Waals surface area contributed by atoms with Crippen LogP contribution >= 0.6 is 31.9 Å². The Morgan fingerprint density at radius 1 is 1.10 bits per heavy atom. The van der Waals surface area contributed by atoms with Gasteiger partial charge in [-0.2, -0.15) is 0 Å². The van der Waals surface area contributed by atoms with E-state index < -0.39 is 6.10 Å². The van der Waals surface area contributed by atoms with Crippen molar-refractivity contribution in [2.24, 2.45) is 0 Å². The van der Waals surface area contributed by atoms with E-state index in [4.69, 9.17) is 9.47 Å². The fraction of sp³-hybridized carbons (Fsp3) is 0.250. The minimum Gasteiger partial charge on any atom is -0.495 e. The van der Waals surface area contributed by atoms with Crippen molar-refractivity contribution in [2.45, 2.75) is 12.5 Å². The molecule has 0 fully saturated rings. The lowest BCUT2D eigenvalue weighted by atomic mass is 10.0. The Hall–Kier alpha value is -1.04. The highest BCUT2D eigenvalue weighted by Gasteiger charge is 2.19. The van der Waals surface area contributed by atoms with Crippen molar-refractivity contribution in [1.29, 1.82) is 0 Å². The zero-order valence-electron chi connectivity index (χ0n) is 11.8. The molecule has 0 amide bonds. The molecule has 2 rings (SSSR count). The van der Waals surface area contributed by atoms with E-state index in [0.29, 0.717) is 22.4 Å². The molecular weight excluding hydrogens is 400 g/mol. The molecule has 0 bridgehead atoms. The summed E-state index contributed by atoms with van der Waals surface area (Å²) in [6, 6.07) is 11.5. The smallest absolute Gasteiger partial charge is 0.142 e. The fourth-order valence-electron chi connectivity index (χ4n) is 2.18. The van der Waals surface area contributed by atoms with Gasteiger partial charge in [-0.1, -0.05) is 28.1 Å². The average Bonchev–Trinajstić information content (AvgIpc) is 2.46. The van der Waals surface area contributed by atoms with Crippen LogP contribution in [0, 0.1) is 0 Å². The van der Waals surface area contributed by atoms with Crippen LogP contribution in [0.4, 0.5) is 0 Å². The molecule has 0 aliphatic carbocycles. The molecule has 0 aromatic heterocycles. The summed E-state index contributed by atoms with van der Waals surface area (Å²) in [5.74, 6) is 1.27. The molecule has 0 spiro atoms. The number of hydrogen-bond acceptors (Lipinski definition) is 3. The van der Waals surface area contributed by atoms with Gasteiger partial charge in [-0.25, -0.2) is 0 Å². The third-order valence-corrected chi connectivity index (χ3v) is 4.44. The monoisotopic (exact) mass is 414 g/mol. The van der Waals surface area contributed by atoms with Gasteiger partial charge in [-0.15, -0.1) is 0 Å². The third kappa shape index (κ3) is 3.78. The number of halogens is 2. The molecular formula is C16H16Br2O3. The average molecular weight is 416 g/mol. The van der Waals surface area contributed by atoms with Crippen LogP contribution in [0.15, 0.2) is 45.3 Å². The standard InChI is InChI=1S/C16H16Br2O3/c1-20-14-7-6-12(16(21-2)15(14)18)13(19)9-10-4-3-5-11(17)8-10/h3-8,13,19H,9H2,1-2H3. The van der Waals surface area contributed by atoms with Crippen LogP contribution < -0.4 is 9.47 Å². The van der Waals surface area contributed by atoms with E-state index in [-0.39, 0.29) is 0 Å². The van der Waals surface area contributed by atoms with Crippen molar-refractivity contribution < 1.29 is 14.6 Å². The summed E-state index contributed by atoms with van der Waals surface area (Å²) in [6.07, 6.45) is -0.148. The lowest BCUT2D eigenvalue weighted by Crippen LogP contribution is -2.05. The quantitative estimate of drug-likeness (QED) is 0.780. The number of aliphatic hydroxyl groups is 1. The van der Waals surface area contributed by atoms with Gasteiger partial charge in [-0.05, 0) is 45.8 Å². The highest BCUT2D eigenvalue weighted by Crippen LogP contribution is 2.40. The van der Waals surface area contributed by atoms with Crippen molar-refractivity contribution in [3.05, 3.63) is 56.5 Å². The first-order valence-electron chi connectivity index (χ1n) is 6.39. The summed E-state index contributed by atoms with van der Waals surface area (Å²) in [7, 11) is 3.17. The minimum atomic E-state index is -0.656. The van der Waals surface area contributed by atoms with E-state index in [0.717, 1.165) is 15.6 Å². The summed E-state index contributed by atoms with van der Waals surface area (Å²) in [5.41, 5.74) is 1.77. The Kier molecular flexibility index (Phi) is 5.67. The topological polar surface area (TPSA) is 38.7 Å². The van der Waals surface area contributed by atoms with Crippen LogP contribution in [-0.4, -0.2) is 19.3 Å². The molecule has 1 N–H and O–H groups in total. The molecule has 0 saturated carbocycles. The maximum atomic E-state index is 10.5. The number of methoxy groups -OCH3 is 2. The maximum Gasteiger partial charge on any atom is 0.142 e. The van der Waals surface area contributed by atoms with E-state index in [2.05, 4.69) is 31.9 Å². The van der Waals surface area contributed by atoms with Crippen LogP contribution in [0.25, 0.3) is 0 Å². The Morgan fingerprint density at radius 2 is 1.86 bits per heavy atom. The van der Waals surface area contributed by atoms with E-state index in [1.807, 2.05) is 36.4 Å². The van der Waals surface area contributed by atoms with Gasteiger partial charge >= 0.3 is 0 Å². The van der Waals surface area contributed by atoms with Crippen LogP contribution in [0.5, 0.6) is 11.5 Å². The highest BCUT2D eigenvalue weighted by molar-refractivity contribution is 9.11. The Morgan fingerprint density at radius 3 is 2.48 bits per heavy atom. The van der Waals surface area contributed by atoms with Crippen molar-refractivity contribution in [1.82, 2.24) is 0 Å². The zero-order valence-corrected chi connectivity index (χ0v) is 14.9. The summed E-state index contributed by atoms with van der Waals surface area (Å²) in [5, 5.41) is 10.5. The summed E-state index contributed by atoms with van der Waals surface area (Å²) < 4.78 is 12.3. The largest absolute Gasteiger partial charge is 0.495 e. The number of aliphatic hydroxyl groups excluding tert-OH is 1. The molecule has 2 aromatic rings. The Balaban J connectivity index is 2.30. The number of ether oxygens (including phenoxy) is 2. The van der Waals surface area contributed by atoms with Crippen molar-refractivity contribution in [3.63, 3.8) is 0 Å². The highest BCUT2D eigenvalue weighted by atomic mass is 79.9. The van der Waals surface area contributed by atoms with Crippen LogP contribution in [0.1, 0.15) is 17.2 Å². The first-order valence-corrected chi connectivity index (χ1v) is 7.98. The molecule has 0 aliphatic heterocycles. The summed E-state index contributed by atoms with van der Waals surface area (Å²) in [6.45, 7) is 0. The normalized spacial score (nSPS) is 12.0. The van der Waals surface area contributed by atoms with Crippen LogP contribution in [0.3, 0.4) is 0 Å². The molecule has 0 heterocycles. The molecule has 1 unspecified atom stereocenters. The molecule has 3 nitrogen and oxygen atoms in total. The summed E-state index contributed by atoms with van der Waals surface area (Å²) >= 11 is 6.89. The predicted octanol–water partition coefficient (Wildman–Crippen LogP) is 4.50. The molecule has 112 valence electrons. The third-order valence-electron chi connectivity index (χ3n) is 3.19. The van der Waals surface area contributed by atoms with Gasteiger partial charge in [-0.3, -0.25) is 0 Å². The van der Waals surface area contributed by atoms with E-state index in [1.165, 1.54) is 0 Å². The van der Waals surface area contributed by atoms with Crippen molar-refractivity contribution >= 4 is 31.9 Å². The second kappa shape index (κ2) is 7.29. The minimum absolute atomic E-state index is 0.509. The van der Waals surface area contributed by atoms with Gasteiger partial charge in [0.2, 0.25) is 0 Å². The van der Waals surface area contributed by atoms with Gasteiger partial charge in [0.25, 0.3) is 0 Å². The predicted molar refractivity (Wildman–Crippen MR) is 90.1 cm³/mol.